The lowest BCUT2D eigenvalue weighted by atomic mass is 10.2. The van der Waals surface area contributed by atoms with Crippen molar-refractivity contribution in [3.63, 3.8) is 0 Å². The van der Waals surface area contributed by atoms with Crippen molar-refractivity contribution in [3.8, 4) is 5.75 Å². The molecule has 0 fully saturated rings. The van der Waals surface area contributed by atoms with E-state index in [4.69, 9.17) is 10.5 Å². The van der Waals surface area contributed by atoms with Gasteiger partial charge in [-0.15, -0.1) is 0 Å². The van der Waals surface area contributed by atoms with Crippen LogP contribution in [-0.4, -0.2) is 18.2 Å². The number of halogens is 2. The minimum atomic E-state index is -0.279. The highest BCUT2D eigenvalue weighted by molar-refractivity contribution is 14.1. The van der Waals surface area contributed by atoms with Crippen LogP contribution in [0.4, 0.5) is 0 Å². The first-order valence-corrected chi connectivity index (χ1v) is 7.79. The zero-order valence-corrected chi connectivity index (χ0v) is 14.4. The normalized spacial score (nSPS) is 17.2. The molecule has 1 aromatic carbocycles. The van der Waals surface area contributed by atoms with Crippen molar-refractivity contribution in [3.05, 3.63) is 29.7 Å². The van der Waals surface area contributed by atoms with E-state index in [1.807, 2.05) is 12.1 Å². The number of benzene rings is 1. The van der Waals surface area contributed by atoms with Crippen molar-refractivity contribution in [1.82, 2.24) is 0 Å². The number of hydrogen-bond acceptors (Lipinski definition) is 4. The second-order valence-corrected chi connectivity index (χ2v) is 6.77. The van der Waals surface area contributed by atoms with Crippen LogP contribution < -0.4 is 10.5 Å². The van der Waals surface area contributed by atoms with Gasteiger partial charge in [-0.05, 0) is 80.7 Å². The van der Waals surface area contributed by atoms with Gasteiger partial charge in [-0.2, -0.15) is 4.99 Å². The summed E-state index contributed by atoms with van der Waals surface area (Å²) in [5.41, 5.74) is 6.44. The molecule has 0 saturated carbocycles. The summed E-state index contributed by atoms with van der Waals surface area (Å²) in [4.78, 5) is 15.7. The number of amidine groups is 1. The molecule has 4 nitrogen and oxygen atoms in total. The zero-order valence-electron chi connectivity index (χ0n) is 9.24. The van der Waals surface area contributed by atoms with Gasteiger partial charge >= 0.3 is 0 Å². The molecule has 1 heterocycles. The smallest absolute Gasteiger partial charge is 0.286 e. The van der Waals surface area contributed by atoms with Crippen LogP contribution in [0.1, 0.15) is 5.56 Å². The number of carbonyl (C=O) groups is 1. The monoisotopic (exact) mass is 486 g/mol. The SMILES string of the molecule is COc1c(I)cc(/C=C2/SC(N)=NC2=O)cc1I. The van der Waals surface area contributed by atoms with Gasteiger partial charge in [0.15, 0.2) is 5.17 Å². The predicted molar refractivity (Wildman–Crippen MR) is 90.6 cm³/mol. The molecule has 0 unspecified atom stereocenters. The first-order chi connectivity index (χ1) is 8.51. The van der Waals surface area contributed by atoms with E-state index in [9.17, 15) is 4.79 Å². The number of nitrogens with zero attached hydrogens (tertiary/aromatic N) is 1. The van der Waals surface area contributed by atoms with Gasteiger partial charge in [0, 0.05) is 0 Å². The third-order valence-electron chi connectivity index (χ3n) is 2.16. The molecule has 1 aliphatic rings. The lowest BCUT2D eigenvalue weighted by Crippen LogP contribution is -2.01. The highest BCUT2D eigenvalue weighted by Crippen LogP contribution is 2.31. The van der Waals surface area contributed by atoms with E-state index in [0.717, 1.165) is 18.5 Å². The number of hydrogen-bond donors (Lipinski definition) is 1. The largest absolute Gasteiger partial charge is 0.495 e. The fourth-order valence-electron chi connectivity index (χ4n) is 1.43. The maximum absolute atomic E-state index is 11.5. The highest BCUT2D eigenvalue weighted by Gasteiger charge is 2.19. The second-order valence-electron chi connectivity index (χ2n) is 3.38. The molecule has 2 N–H and O–H groups in total. The number of nitrogens with two attached hydrogens (primary N) is 1. The van der Waals surface area contributed by atoms with Gasteiger partial charge in [0.25, 0.3) is 5.91 Å². The Bertz CT molecular complexity index is 561. The first-order valence-electron chi connectivity index (χ1n) is 4.82. The third kappa shape index (κ3) is 2.99. The molecular weight excluding hydrogens is 478 g/mol. The van der Waals surface area contributed by atoms with Crippen LogP contribution in [0.3, 0.4) is 0 Å². The van der Waals surface area contributed by atoms with E-state index < -0.39 is 0 Å². The summed E-state index contributed by atoms with van der Waals surface area (Å²) in [6, 6.07) is 3.91. The number of amides is 1. The molecule has 18 heavy (non-hydrogen) atoms. The molecule has 0 bridgehead atoms. The number of aliphatic imine (C=N–C) groups is 1. The number of rotatable bonds is 2. The van der Waals surface area contributed by atoms with Crippen LogP contribution in [0.5, 0.6) is 5.75 Å². The van der Waals surface area contributed by atoms with Gasteiger partial charge in [0.05, 0.1) is 19.2 Å². The lowest BCUT2D eigenvalue weighted by molar-refractivity contribution is -0.113. The summed E-state index contributed by atoms with van der Waals surface area (Å²) >= 11 is 5.60. The van der Waals surface area contributed by atoms with Crippen molar-refractivity contribution in [2.24, 2.45) is 10.7 Å². The van der Waals surface area contributed by atoms with Gasteiger partial charge in [0.2, 0.25) is 0 Å². The Labute approximate surface area is 136 Å². The Morgan fingerprint density at radius 1 is 1.39 bits per heavy atom. The quantitative estimate of drug-likeness (QED) is 0.517. The van der Waals surface area contributed by atoms with Gasteiger partial charge < -0.3 is 10.5 Å². The fourth-order valence-corrected chi connectivity index (χ4v) is 4.37. The summed E-state index contributed by atoms with van der Waals surface area (Å²) < 4.78 is 7.29. The second kappa shape index (κ2) is 5.78. The van der Waals surface area contributed by atoms with E-state index in [1.54, 1.807) is 13.2 Å². The Morgan fingerprint density at radius 2 is 2.00 bits per heavy atom. The Balaban J connectivity index is 2.37. The molecule has 1 aliphatic heterocycles. The summed E-state index contributed by atoms with van der Waals surface area (Å²) in [5, 5.41) is 0.296. The van der Waals surface area contributed by atoms with E-state index in [-0.39, 0.29) is 5.91 Å². The van der Waals surface area contributed by atoms with Crippen molar-refractivity contribution in [2.75, 3.05) is 7.11 Å². The molecule has 0 saturated heterocycles. The minimum Gasteiger partial charge on any atom is -0.495 e. The van der Waals surface area contributed by atoms with E-state index in [2.05, 4.69) is 50.2 Å². The average Bonchev–Trinajstić information content (AvgIpc) is 2.57. The maximum atomic E-state index is 11.5. The van der Waals surface area contributed by atoms with E-state index in [0.29, 0.717) is 10.1 Å². The Morgan fingerprint density at radius 3 is 2.44 bits per heavy atom. The highest BCUT2D eigenvalue weighted by atomic mass is 127. The fraction of sp³-hybridized carbons (Fsp3) is 0.0909. The Hall–Kier alpha value is -0.290. The number of thioether (sulfide) groups is 1. The molecule has 2 rings (SSSR count). The third-order valence-corrected chi connectivity index (χ3v) is 4.57. The number of methoxy groups -OCH3 is 1. The Kier molecular flexibility index (Phi) is 4.54. The molecule has 0 atom stereocenters. The average molecular weight is 486 g/mol. The van der Waals surface area contributed by atoms with Gasteiger partial charge in [-0.3, -0.25) is 4.79 Å². The van der Waals surface area contributed by atoms with Crippen LogP contribution >= 0.6 is 56.9 Å². The molecule has 0 spiro atoms. The van der Waals surface area contributed by atoms with Crippen molar-refractivity contribution in [1.29, 1.82) is 0 Å². The summed E-state index contributed by atoms with van der Waals surface area (Å²) in [7, 11) is 1.64. The summed E-state index contributed by atoms with van der Waals surface area (Å²) in [5.74, 6) is 0.567. The van der Waals surface area contributed by atoms with Crippen LogP contribution in [0, 0.1) is 7.14 Å². The minimum absolute atomic E-state index is 0.279. The summed E-state index contributed by atoms with van der Waals surface area (Å²) in [6.45, 7) is 0. The molecule has 1 aromatic rings. The predicted octanol–water partition coefficient (Wildman–Crippen LogP) is 2.83. The number of carbonyl (C=O) groups excluding carboxylic acids is 1. The lowest BCUT2D eigenvalue weighted by Gasteiger charge is -2.07. The van der Waals surface area contributed by atoms with Crippen molar-refractivity contribution < 1.29 is 9.53 Å². The van der Waals surface area contributed by atoms with Gasteiger partial charge in [-0.1, -0.05) is 0 Å². The zero-order chi connectivity index (χ0) is 13.3. The van der Waals surface area contributed by atoms with Crippen LogP contribution in [-0.2, 0) is 4.79 Å². The molecule has 7 heteroatoms. The standard InChI is InChI=1S/C11H8I2N2O2S/c1-17-9-6(12)2-5(3-7(9)13)4-8-10(16)15-11(14)18-8/h2-4H,1H3,(H2,14,15,16)/b8-4+. The number of ether oxygens (including phenoxy) is 1. The van der Waals surface area contributed by atoms with Crippen molar-refractivity contribution >= 4 is 74.1 Å². The molecule has 0 radical (unpaired) electrons. The van der Waals surface area contributed by atoms with Crippen LogP contribution in [0.15, 0.2) is 22.0 Å². The van der Waals surface area contributed by atoms with Crippen LogP contribution in [0.2, 0.25) is 0 Å². The summed E-state index contributed by atoms with van der Waals surface area (Å²) in [6.07, 6.45) is 1.79. The molecule has 0 aliphatic carbocycles. The van der Waals surface area contributed by atoms with Gasteiger partial charge in [0.1, 0.15) is 5.75 Å². The molecule has 0 aromatic heterocycles. The van der Waals surface area contributed by atoms with Crippen molar-refractivity contribution in [2.45, 2.75) is 0 Å². The van der Waals surface area contributed by atoms with E-state index >= 15 is 0 Å². The maximum Gasteiger partial charge on any atom is 0.286 e. The first kappa shape index (κ1) is 14.1. The molecule has 94 valence electrons. The van der Waals surface area contributed by atoms with E-state index in [1.165, 1.54) is 11.8 Å². The van der Waals surface area contributed by atoms with Crippen LogP contribution in [0.25, 0.3) is 6.08 Å². The molecular formula is C11H8I2N2O2S. The topological polar surface area (TPSA) is 64.7 Å². The molecule has 1 amide bonds. The van der Waals surface area contributed by atoms with Gasteiger partial charge in [-0.25, -0.2) is 0 Å².